The topological polar surface area (TPSA) is 96.0 Å². The van der Waals surface area contributed by atoms with E-state index in [2.05, 4.69) is 15.0 Å². The van der Waals surface area contributed by atoms with Crippen LogP contribution >= 0.6 is 11.8 Å². The number of sulfonamides is 1. The monoisotopic (exact) mass is 416 g/mol. The summed E-state index contributed by atoms with van der Waals surface area (Å²) in [6, 6.07) is 10.5. The lowest BCUT2D eigenvalue weighted by Crippen LogP contribution is -2.27. The molecule has 3 aromatic rings. The number of para-hydroxylation sites is 1. The van der Waals surface area contributed by atoms with E-state index >= 15 is 0 Å². The number of nitrogens with one attached hydrogen (secondary N) is 1. The molecule has 0 amide bonds. The number of pyridine rings is 1. The number of hydrogen-bond donors (Lipinski definition) is 1. The molecule has 4 rings (SSSR count). The zero-order valence-corrected chi connectivity index (χ0v) is 17.0. The Hall–Kier alpha value is -2.23. The van der Waals surface area contributed by atoms with Crippen LogP contribution in [0, 0.1) is 0 Å². The summed E-state index contributed by atoms with van der Waals surface area (Å²) in [7, 11) is -3.46. The van der Waals surface area contributed by atoms with Crippen LogP contribution in [-0.2, 0) is 10.0 Å². The van der Waals surface area contributed by atoms with Gasteiger partial charge >= 0.3 is 0 Å². The molecule has 146 valence electrons. The van der Waals surface area contributed by atoms with Gasteiger partial charge in [0.2, 0.25) is 10.0 Å². The first kappa shape index (κ1) is 19.1. The van der Waals surface area contributed by atoms with E-state index in [0.717, 1.165) is 12.8 Å². The lowest BCUT2D eigenvalue weighted by Gasteiger charge is -2.15. The van der Waals surface area contributed by atoms with Crippen molar-refractivity contribution in [1.29, 1.82) is 0 Å². The first-order valence-corrected chi connectivity index (χ1v) is 11.4. The van der Waals surface area contributed by atoms with E-state index in [9.17, 15) is 13.2 Å². The Morgan fingerprint density at radius 2 is 1.89 bits per heavy atom. The third kappa shape index (κ3) is 3.69. The Balaban J connectivity index is 1.54. The number of rotatable bonds is 5. The van der Waals surface area contributed by atoms with Gasteiger partial charge in [0.05, 0.1) is 21.2 Å². The van der Waals surface area contributed by atoms with Gasteiger partial charge in [-0.3, -0.25) is 4.79 Å². The van der Waals surface area contributed by atoms with Gasteiger partial charge in [0.1, 0.15) is 10.7 Å². The van der Waals surface area contributed by atoms with Gasteiger partial charge in [-0.25, -0.2) is 18.4 Å². The van der Waals surface area contributed by atoms with Gasteiger partial charge in [0.15, 0.2) is 0 Å². The van der Waals surface area contributed by atoms with Crippen molar-refractivity contribution in [3.05, 3.63) is 58.8 Å². The molecular weight excluding hydrogens is 396 g/mol. The van der Waals surface area contributed by atoms with Crippen molar-refractivity contribution in [2.24, 2.45) is 0 Å². The lowest BCUT2D eigenvalue weighted by molar-refractivity contribution is 0.477. The van der Waals surface area contributed by atoms with Crippen LogP contribution in [0.2, 0.25) is 0 Å². The first-order valence-electron chi connectivity index (χ1n) is 9.07. The number of aromatic nitrogens is 3. The van der Waals surface area contributed by atoms with Crippen molar-refractivity contribution in [3.8, 4) is 0 Å². The molecule has 3 heterocycles. The normalized spacial score (nSPS) is 16.5. The van der Waals surface area contributed by atoms with Crippen molar-refractivity contribution < 1.29 is 8.42 Å². The summed E-state index contributed by atoms with van der Waals surface area (Å²) in [5.74, 6) is 0.560. The maximum absolute atomic E-state index is 12.6. The van der Waals surface area contributed by atoms with Crippen LogP contribution in [0.15, 0.2) is 57.3 Å². The van der Waals surface area contributed by atoms with E-state index in [1.807, 2.05) is 19.1 Å². The molecule has 0 bridgehead atoms. The second kappa shape index (κ2) is 7.65. The van der Waals surface area contributed by atoms with Crippen LogP contribution in [0.25, 0.3) is 10.9 Å². The summed E-state index contributed by atoms with van der Waals surface area (Å²) >= 11 is 1.41. The largest absolute Gasteiger partial charge is 0.309 e. The Kier molecular flexibility index (Phi) is 5.22. The Labute approximate surface area is 167 Å². The summed E-state index contributed by atoms with van der Waals surface area (Å²) < 4.78 is 26.7. The highest BCUT2D eigenvalue weighted by molar-refractivity contribution is 7.99. The van der Waals surface area contributed by atoms with Crippen molar-refractivity contribution in [2.45, 2.75) is 34.9 Å². The highest BCUT2D eigenvalue weighted by Crippen LogP contribution is 2.32. The van der Waals surface area contributed by atoms with Gasteiger partial charge in [0, 0.05) is 19.3 Å². The van der Waals surface area contributed by atoms with Crippen molar-refractivity contribution in [3.63, 3.8) is 0 Å². The first-order chi connectivity index (χ1) is 13.4. The summed E-state index contributed by atoms with van der Waals surface area (Å²) in [6.07, 6.45) is 3.20. The van der Waals surface area contributed by atoms with Gasteiger partial charge < -0.3 is 4.98 Å². The minimum atomic E-state index is -3.46. The van der Waals surface area contributed by atoms with Gasteiger partial charge in [-0.05, 0) is 44.0 Å². The molecule has 0 aliphatic carbocycles. The van der Waals surface area contributed by atoms with E-state index in [1.54, 1.807) is 24.3 Å². The smallest absolute Gasteiger partial charge is 0.258 e. The van der Waals surface area contributed by atoms with E-state index in [1.165, 1.54) is 22.3 Å². The van der Waals surface area contributed by atoms with Crippen LogP contribution in [0.5, 0.6) is 0 Å². The van der Waals surface area contributed by atoms with Gasteiger partial charge in [0.25, 0.3) is 5.56 Å². The third-order valence-electron chi connectivity index (χ3n) is 4.73. The summed E-state index contributed by atoms with van der Waals surface area (Å²) in [5, 5.41) is 1.08. The predicted molar refractivity (Wildman–Crippen MR) is 109 cm³/mol. The molecule has 1 aliphatic heterocycles. The molecule has 1 aromatic carbocycles. The molecule has 1 aliphatic rings. The van der Waals surface area contributed by atoms with Crippen molar-refractivity contribution in [2.75, 3.05) is 13.1 Å². The summed E-state index contributed by atoms with van der Waals surface area (Å²) in [4.78, 5) is 24.1. The Bertz CT molecular complexity index is 1150. The van der Waals surface area contributed by atoms with Gasteiger partial charge in [-0.2, -0.15) is 4.31 Å². The number of fused-ring (bicyclic) bond motifs is 1. The number of H-pyrrole nitrogens is 1. The highest BCUT2D eigenvalue weighted by Gasteiger charge is 2.27. The summed E-state index contributed by atoms with van der Waals surface area (Å²) in [5.41, 5.74) is 0.474. The molecule has 7 nitrogen and oxygen atoms in total. The van der Waals surface area contributed by atoms with Crippen LogP contribution in [0.3, 0.4) is 0 Å². The van der Waals surface area contributed by atoms with Gasteiger partial charge in [-0.1, -0.05) is 23.9 Å². The van der Waals surface area contributed by atoms with Crippen molar-refractivity contribution >= 4 is 32.7 Å². The molecule has 1 saturated heterocycles. The van der Waals surface area contributed by atoms with E-state index in [-0.39, 0.29) is 15.7 Å². The second-order valence-electron chi connectivity index (χ2n) is 6.67. The van der Waals surface area contributed by atoms with E-state index in [4.69, 9.17) is 0 Å². The van der Waals surface area contributed by atoms with Crippen LogP contribution in [0.4, 0.5) is 0 Å². The summed E-state index contributed by atoms with van der Waals surface area (Å²) in [6.45, 7) is 3.06. The minimum Gasteiger partial charge on any atom is -0.309 e. The minimum absolute atomic E-state index is 0.147. The molecule has 9 heteroatoms. The molecule has 0 spiro atoms. The maximum Gasteiger partial charge on any atom is 0.258 e. The third-order valence-corrected chi connectivity index (χ3v) is 7.67. The molecule has 1 fully saturated rings. The maximum atomic E-state index is 12.6. The number of nitrogens with zero attached hydrogens (tertiary/aromatic N) is 3. The molecule has 28 heavy (non-hydrogen) atoms. The Morgan fingerprint density at radius 1 is 1.14 bits per heavy atom. The molecular formula is C19H20N4O3S2. The van der Waals surface area contributed by atoms with E-state index < -0.39 is 10.0 Å². The molecule has 1 N–H and O–H groups in total. The fraction of sp³-hybridized carbons (Fsp3) is 0.316. The van der Waals surface area contributed by atoms with Crippen molar-refractivity contribution in [1.82, 2.24) is 19.3 Å². The number of benzene rings is 1. The number of thioether (sulfide) groups is 1. The fourth-order valence-electron chi connectivity index (χ4n) is 3.20. The van der Waals surface area contributed by atoms with Crippen LogP contribution < -0.4 is 5.56 Å². The highest BCUT2D eigenvalue weighted by atomic mass is 32.2. The van der Waals surface area contributed by atoms with Gasteiger partial charge in [-0.15, -0.1) is 0 Å². The van der Waals surface area contributed by atoms with E-state index in [0.29, 0.717) is 34.8 Å². The SMILES string of the molecule is C[C@H](Sc1ccc(S(=O)(=O)N2CCCC2)cn1)c1nc2ccccc2c(=O)[nH]1. The van der Waals surface area contributed by atoms with Crippen LogP contribution in [0.1, 0.15) is 30.8 Å². The average molecular weight is 417 g/mol. The number of aromatic amines is 1. The van der Waals surface area contributed by atoms with Crippen LogP contribution in [-0.4, -0.2) is 40.8 Å². The fourth-order valence-corrected chi connectivity index (χ4v) is 5.51. The molecule has 0 unspecified atom stereocenters. The molecule has 0 saturated carbocycles. The lowest BCUT2D eigenvalue weighted by atomic mass is 10.2. The Morgan fingerprint density at radius 3 is 2.61 bits per heavy atom. The average Bonchev–Trinajstić information content (AvgIpc) is 3.24. The standard InChI is InChI=1S/C19H20N4O3S2/c1-13(18-21-16-7-3-2-6-15(16)19(24)22-18)27-17-9-8-14(12-20-17)28(25,26)23-10-4-5-11-23/h2-3,6-9,12-13H,4-5,10-11H2,1H3,(H,21,22,24)/t13-/m0/s1. The molecule has 1 atom stereocenters. The predicted octanol–water partition coefficient (Wildman–Crippen LogP) is 2.96. The molecule has 2 aromatic heterocycles. The zero-order valence-electron chi connectivity index (χ0n) is 15.3. The number of hydrogen-bond acceptors (Lipinski definition) is 6. The molecule has 0 radical (unpaired) electrons. The quantitative estimate of drug-likeness (QED) is 0.643. The second-order valence-corrected chi connectivity index (χ2v) is 9.97. The zero-order chi connectivity index (χ0) is 19.7.